The van der Waals surface area contributed by atoms with Gasteiger partial charge in [0.25, 0.3) is 5.91 Å². The second-order valence-electron chi connectivity index (χ2n) is 4.57. The lowest BCUT2D eigenvalue weighted by molar-refractivity contribution is -0.119. The average molecular weight is 261 g/mol. The summed E-state index contributed by atoms with van der Waals surface area (Å²) in [5, 5.41) is 3.14. The summed E-state index contributed by atoms with van der Waals surface area (Å²) in [6, 6.07) is 6.36. The zero-order valence-electron chi connectivity index (χ0n) is 10.6. The topological polar surface area (TPSA) is 61.9 Å². The van der Waals surface area contributed by atoms with Crippen LogP contribution in [0.2, 0.25) is 0 Å². The molecule has 1 N–H and O–H groups in total. The van der Waals surface area contributed by atoms with Crippen molar-refractivity contribution in [3.05, 3.63) is 24.3 Å². The fourth-order valence-corrected chi connectivity index (χ4v) is 2.51. The van der Waals surface area contributed by atoms with Gasteiger partial charge in [0.15, 0.2) is 0 Å². The van der Waals surface area contributed by atoms with Gasteiger partial charge in [-0.25, -0.2) is 9.69 Å². The Morgan fingerprint density at radius 2 is 2.21 bits per heavy atom. The predicted molar refractivity (Wildman–Crippen MR) is 69.2 cm³/mol. The van der Waals surface area contributed by atoms with Crippen molar-refractivity contribution in [1.29, 1.82) is 0 Å². The summed E-state index contributed by atoms with van der Waals surface area (Å²) in [7, 11) is 1.56. The molecule has 6 nitrogen and oxygen atoms in total. The lowest BCUT2D eigenvalue weighted by Gasteiger charge is -2.26. The van der Waals surface area contributed by atoms with Crippen molar-refractivity contribution in [3.63, 3.8) is 0 Å². The van der Waals surface area contributed by atoms with Gasteiger partial charge in [0, 0.05) is 25.7 Å². The summed E-state index contributed by atoms with van der Waals surface area (Å²) in [6.45, 7) is 1.81. The number of methoxy groups -OCH3 is 1. The van der Waals surface area contributed by atoms with E-state index in [1.807, 2.05) is 0 Å². The number of imide groups is 1. The van der Waals surface area contributed by atoms with Crippen molar-refractivity contribution in [2.24, 2.45) is 0 Å². The van der Waals surface area contributed by atoms with Crippen molar-refractivity contribution >= 4 is 17.6 Å². The number of carbonyl (C=O) groups excluding carboxylic acids is 2. The first-order valence-corrected chi connectivity index (χ1v) is 6.21. The molecule has 0 saturated carbocycles. The van der Waals surface area contributed by atoms with Crippen LogP contribution in [0.25, 0.3) is 0 Å². The highest BCUT2D eigenvalue weighted by molar-refractivity contribution is 6.21. The smallest absolute Gasteiger partial charge is 0.332 e. The summed E-state index contributed by atoms with van der Waals surface area (Å²) in [4.78, 5) is 27.5. The summed E-state index contributed by atoms with van der Waals surface area (Å²) < 4.78 is 5.13. The van der Waals surface area contributed by atoms with E-state index in [2.05, 4.69) is 5.32 Å². The number of benzene rings is 1. The van der Waals surface area contributed by atoms with Gasteiger partial charge in [-0.05, 0) is 12.1 Å². The Hall–Kier alpha value is -2.08. The molecule has 0 aliphatic carbocycles. The maximum absolute atomic E-state index is 12.3. The monoisotopic (exact) mass is 261 g/mol. The Kier molecular flexibility index (Phi) is 2.87. The van der Waals surface area contributed by atoms with Crippen LogP contribution in [0.5, 0.6) is 5.75 Å². The number of fused-ring (bicyclic) bond motifs is 1. The Labute approximate surface area is 110 Å². The van der Waals surface area contributed by atoms with Gasteiger partial charge in [-0.3, -0.25) is 4.79 Å². The molecular formula is C13H15N3O3. The van der Waals surface area contributed by atoms with Crippen LogP contribution in [0, 0.1) is 0 Å². The number of piperazine rings is 1. The zero-order chi connectivity index (χ0) is 13.4. The van der Waals surface area contributed by atoms with E-state index in [-0.39, 0.29) is 18.0 Å². The van der Waals surface area contributed by atoms with Crippen molar-refractivity contribution in [1.82, 2.24) is 10.2 Å². The Morgan fingerprint density at radius 1 is 1.37 bits per heavy atom. The van der Waals surface area contributed by atoms with Crippen molar-refractivity contribution in [2.75, 3.05) is 31.6 Å². The van der Waals surface area contributed by atoms with Crippen LogP contribution < -0.4 is 15.0 Å². The van der Waals surface area contributed by atoms with Crippen LogP contribution in [0.15, 0.2) is 24.3 Å². The maximum Gasteiger partial charge on any atom is 0.332 e. The lowest BCUT2D eigenvalue weighted by Crippen LogP contribution is -2.51. The number of rotatable bonds is 2. The molecule has 19 heavy (non-hydrogen) atoms. The number of carbonyl (C=O) groups is 2. The summed E-state index contributed by atoms with van der Waals surface area (Å²) >= 11 is 0. The highest BCUT2D eigenvalue weighted by Crippen LogP contribution is 2.28. The average Bonchev–Trinajstić information content (AvgIpc) is 2.72. The van der Waals surface area contributed by atoms with Gasteiger partial charge < -0.3 is 15.0 Å². The fraction of sp³-hybridized carbons (Fsp3) is 0.385. The van der Waals surface area contributed by atoms with E-state index in [1.54, 1.807) is 36.3 Å². The van der Waals surface area contributed by atoms with Crippen LogP contribution in [-0.4, -0.2) is 49.6 Å². The van der Waals surface area contributed by atoms with Gasteiger partial charge in [0.1, 0.15) is 11.8 Å². The van der Waals surface area contributed by atoms with Gasteiger partial charge in [-0.1, -0.05) is 6.07 Å². The van der Waals surface area contributed by atoms with Crippen molar-refractivity contribution < 1.29 is 14.3 Å². The van der Waals surface area contributed by atoms with Gasteiger partial charge in [-0.2, -0.15) is 0 Å². The van der Waals surface area contributed by atoms with Gasteiger partial charge in [-0.15, -0.1) is 0 Å². The first kappa shape index (κ1) is 12.0. The van der Waals surface area contributed by atoms with Crippen LogP contribution in [0.3, 0.4) is 0 Å². The van der Waals surface area contributed by atoms with Gasteiger partial charge >= 0.3 is 6.03 Å². The Balaban J connectivity index is 1.95. The van der Waals surface area contributed by atoms with Crippen LogP contribution >= 0.6 is 0 Å². The number of ether oxygens (including phenoxy) is 1. The van der Waals surface area contributed by atoms with Gasteiger partial charge in [0.05, 0.1) is 12.8 Å². The summed E-state index contributed by atoms with van der Waals surface area (Å²) in [5.74, 6) is 0.451. The third kappa shape index (κ3) is 1.84. The first-order valence-electron chi connectivity index (χ1n) is 6.21. The number of urea groups is 1. The molecule has 2 aliphatic rings. The normalized spacial score (nSPS) is 22.7. The predicted octanol–water partition coefficient (Wildman–Crippen LogP) is 0.436. The molecular weight excluding hydrogens is 246 g/mol. The molecule has 3 amide bonds. The molecule has 6 heteroatoms. The summed E-state index contributed by atoms with van der Waals surface area (Å²) in [5.41, 5.74) is 0.559. The van der Waals surface area contributed by atoms with E-state index in [0.29, 0.717) is 24.5 Å². The fourth-order valence-electron chi connectivity index (χ4n) is 2.51. The van der Waals surface area contributed by atoms with E-state index in [4.69, 9.17) is 4.74 Å². The Bertz CT molecular complexity index is 508. The lowest BCUT2D eigenvalue weighted by atomic mass is 10.2. The standard InChI is InChI=1S/C13H15N3O3/c1-19-10-4-2-3-9(7-10)16-12(17)11-8-14-5-6-15(11)13(16)18/h2-4,7,11,14H,5-6,8H2,1H3/t11-/m1/s1. The molecule has 0 bridgehead atoms. The maximum atomic E-state index is 12.3. The molecule has 2 heterocycles. The number of anilines is 1. The Morgan fingerprint density at radius 3 is 2.95 bits per heavy atom. The molecule has 1 atom stereocenters. The van der Waals surface area contributed by atoms with Crippen LogP contribution in [-0.2, 0) is 4.79 Å². The SMILES string of the molecule is COc1cccc(N2C(=O)[C@H]3CNCCN3C2=O)c1. The highest BCUT2D eigenvalue weighted by Gasteiger charge is 2.46. The molecule has 2 fully saturated rings. The minimum atomic E-state index is -0.382. The van der Waals surface area contributed by atoms with Crippen LogP contribution in [0.4, 0.5) is 10.5 Å². The molecule has 0 aromatic heterocycles. The molecule has 0 spiro atoms. The van der Waals surface area contributed by atoms with Gasteiger partial charge in [0.2, 0.25) is 0 Å². The molecule has 3 rings (SSSR count). The number of hydrogen-bond donors (Lipinski definition) is 1. The molecule has 1 aromatic rings. The third-order valence-electron chi connectivity index (χ3n) is 3.50. The van der Waals surface area contributed by atoms with E-state index in [9.17, 15) is 9.59 Å². The van der Waals surface area contributed by atoms with E-state index >= 15 is 0 Å². The minimum Gasteiger partial charge on any atom is -0.497 e. The number of amides is 3. The molecule has 100 valence electrons. The second-order valence-corrected chi connectivity index (χ2v) is 4.57. The van der Waals surface area contributed by atoms with Crippen molar-refractivity contribution in [2.45, 2.75) is 6.04 Å². The molecule has 1 aromatic carbocycles. The molecule has 0 unspecified atom stereocenters. The van der Waals surface area contributed by atoms with Crippen LogP contribution in [0.1, 0.15) is 0 Å². The minimum absolute atomic E-state index is 0.176. The number of nitrogens with one attached hydrogen (secondary N) is 1. The third-order valence-corrected chi connectivity index (χ3v) is 3.50. The van der Waals surface area contributed by atoms with Crippen molar-refractivity contribution in [3.8, 4) is 5.75 Å². The largest absolute Gasteiger partial charge is 0.497 e. The summed E-state index contributed by atoms with van der Waals surface area (Å²) in [6.07, 6.45) is 0. The zero-order valence-corrected chi connectivity index (χ0v) is 10.6. The quantitative estimate of drug-likeness (QED) is 0.785. The highest BCUT2D eigenvalue weighted by atomic mass is 16.5. The molecule has 2 aliphatic heterocycles. The molecule has 2 saturated heterocycles. The van der Waals surface area contributed by atoms with E-state index in [0.717, 1.165) is 6.54 Å². The second kappa shape index (κ2) is 4.55. The number of hydrogen-bond acceptors (Lipinski definition) is 4. The number of nitrogens with zero attached hydrogens (tertiary/aromatic N) is 2. The van der Waals surface area contributed by atoms with E-state index < -0.39 is 0 Å². The first-order chi connectivity index (χ1) is 9.22. The molecule has 0 radical (unpaired) electrons. The van der Waals surface area contributed by atoms with E-state index in [1.165, 1.54) is 4.90 Å².